The predicted molar refractivity (Wildman–Crippen MR) is 99.4 cm³/mol. The first-order valence-corrected chi connectivity index (χ1v) is 9.61. The zero-order valence-electron chi connectivity index (χ0n) is 16.5. The van der Waals surface area contributed by atoms with Gasteiger partial charge in [0.2, 0.25) is 0 Å². The van der Waals surface area contributed by atoms with Gasteiger partial charge in [0, 0.05) is 52.7 Å². The van der Waals surface area contributed by atoms with Crippen LogP contribution in [0.25, 0.3) is 0 Å². The maximum absolute atomic E-state index is 11.3. The van der Waals surface area contributed by atoms with Crippen LogP contribution in [0.2, 0.25) is 0 Å². The van der Waals surface area contributed by atoms with Crippen LogP contribution in [-0.4, -0.2) is 83.0 Å². The van der Waals surface area contributed by atoms with E-state index >= 15 is 0 Å². The second-order valence-electron chi connectivity index (χ2n) is 5.76. The fourth-order valence-corrected chi connectivity index (χ4v) is 1.86. The van der Waals surface area contributed by atoms with Crippen LogP contribution in [0.15, 0.2) is 0 Å². The Hall–Kier alpha value is -1.34. The molecular weight excluding hydrogens is 374 g/mol. The Balaban J connectivity index is 3.19. The minimum absolute atomic E-state index is 0.0259. The summed E-state index contributed by atoms with van der Waals surface area (Å²) >= 11 is 0. The largest absolute Gasteiger partial charge is 0.381 e. The molecule has 0 rings (SSSR count). The summed E-state index contributed by atoms with van der Waals surface area (Å²) in [4.78, 5) is 31.0. The lowest BCUT2D eigenvalue weighted by Gasteiger charge is -2.07. The molecule has 11 heteroatoms. The molecule has 0 saturated carbocycles. The number of rotatable bonds is 20. The lowest BCUT2D eigenvalue weighted by Crippen LogP contribution is -2.22. The van der Waals surface area contributed by atoms with E-state index in [0.29, 0.717) is 59.3 Å². The van der Waals surface area contributed by atoms with Gasteiger partial charge in [-0.2, -0.15) is 0 Å². The van der Waals surface area contributed by atoms with Crippen molar-refractivity contribution in [3.8, 4) is 0 Å². The number of nitrogens with one attached hydrogen (secondary N) is 2. The highest BCUT2D eigenvalue weighted by atomic mass is 17.2. The van der Waals surface area contributed by atoms with Crippen LogP contribution in [0.3, 0.4) is 0 Å². The number of carbonyl (C=O) groups is 2. The first-order chi connectivity index (χ1) is 13.7. The molecule has 0 amide bonds. The average Bonchev–Trinajstić information content (AvgIpc) is 2.70. The molecule has 0 radical (unpaired) electrons. The van der Waals surface area contributed by atoms with Gasteiger partial charge in [0.1, 0.15) is 0 Å². The topological polar surface area (TPSA) is 151 Å². The molecule has 0 atom stereocenters. The summed E-state index contributed by atoms with van der Waals surface area (Å²) in [5.74, 6) is -1.37. The summed E-state index contributed by atoms with van der Waals surface area (Å²) in [7, 11) is 0. The van der Waals surface area contributed by atoms with Crippen LogP contribution in [0.5, 0.6) is 0 Å². The predicted octanol–water partition coefficient (Wildman–Crippen LogP) is -0.485. The highest BCUT2D eigenvalue weighted by molar-refractivity contribution is 5.73. The van der Waals surface area contributed by atoms with Crippen molar-refractivity contribution >= 4 is 11.9 Å². The van der Waals surface area contributed by atoms with Crippen LogP contribution in [0.4, 0.5) is 0 Å². The number of hydroxylamine groups is 1. The standard InChI is InChI=1S/C17H35N3O8/c18-6-15-26-14-3-13-25-12-2-11-24-10-1-7-19-8-4-16(21)27-28-17(22)5-9-20-23/h19-20,23H,1-15,18H2. The zero-order chi connectivity index (χ0) is 20.7. The Bertz CT molecular complexity index is 374. The van der Waals surface area contributed by atoms with Gasteiger partial charge in [-0.05, 0) is 25.8 Å². The van der Waals surface area contributed by atoms with Crippen LogP contribution >= 0.6 is 0 Å². The van der Waals surface area contributed by atoms with Gasteiger partial charge >= 0.3 is 11.9 Å². The van der Waals surface area contributed by atoms with E-state index < -0.39 is 11.9 Å². The summed E-state index contributed by atoms with van der Waals surface area (Å²) in [6.07, 6.45) is 2.51. The molecule has 0 aliphatic carbocycles. The first kappa shape index (κ1) is 26.7. The number of nitrogens with two attached hydrogens (primary N) is 1. The van der Waals surface area contributed by atoms with E-state index in [1.54, 1.807) is 5.48 Å². The Morgan fingerprint density at radius 3 is 1.75 bits per heavy atom. The fourth-order valence-electron chi connectivity index (χ4n) is 1.86. The second kappa shape index (κ2) is 22.0. The van der Waals surface area contributed by atoms with Crippen molar-refractivity contribution in [3.63, 3.8) is 0 Å². The third-order valence-corrected chi connectivity index (χ3v) is 3.23. The molecule has 0 aromatic rings. The quantitative estimate of drug-likeness (QED) is 0.117. The lowest BCUT2D eigenvalue weighted by atomic mass is 10.4. The van der Waals surface area contributed by atoms with Crippen molar-refractivity contribution < 1.29 is 38.8 Å². The highest BCUT2D eigenvalue weighted by Crippen LogP contribution is 1.92. The van der Waals surface area contributed by atoms with Gasteiger partial charge < -0.3 is 30.5 Å². The first-order valence-electron chi connectivity index (χ1n) is 9.61. The van der Waals surface area contributed by atoms with Crippen molar-refractivity contribution in [1.82, 2.24) is 10.8 Å². The van der Waals surface area contributed by atoms with Crippen molar-refractivity contribution in [2.24, 2.45) is 5.73 Å². The highest BCUT2D eigenvalue weighted by Gasteiger charge is 2.09. The Morgan fingerprint density at radius 1 is 0.714 bits per heavy atom. The summed E-state index contributed by atoms with van der Waals surface area (Å²) in [6, 6.07) is 0. The third kappa shape index (κ3) is 21.0. The fraction of sp³-hybridized carbons (Fsp3) is 0.882. The third-order valence-electron chi connectivity index (χ3n) is 3.23. The van der Waals surface area contributed by atoms with E-state index in [0.717, 1.165) is 19.3 Å². The monoisotopic (exact) mass is 409 g/mol. The second-order valence-corrected chi connectivity index (χ2v) is 5.76. The zero-order valence-corrected chi connectivity index (χ0v) is 16.5. The van der Waals surface area contributed by atoms with Crippen LogP contribution < -0.4 is 16.5 Å². The summed E-state index contributed by atoms with van der Waals surface area (Å²) in [5, 5.41) is 11.4. The Morgan fingerprint density at radius 2 is 1.21 bits per heavy atom. The van der Waals surface area contributed by atoms with Crippen molar-refractivity contribution in [2.75, 3.05) is 65.8 Å². The van der Waals surface area contributed by atoms with Gasteiger partial charge in [0.25, 0.3) is 0 Å². The van der Waals surface area contributed by atoms with E-state index in [9.17, 15) is 9.59 Å². The molecule has 11 nitrogen and oxygen atoms in total. The van der Waals surface area contributed by atoms with Crippen molar-refractivity contribution in [2.45, 2.75) is 32.1 Å². The average molecular weight is 409 g/mol. The number of hydrogen-bond donors (Lipinski definition) is 4. The molecule has 0 spiro atoms. The van der Waals surface area contributed by atoms with E-state index in [-0.39, 0.29) is 19.4 Å². The molecule has 0 fully saturated rings. The van der Waals surface area contributed by atoms with Crippen LogP contribution in [0.1, 0.15) is 32.1 Å². The van der Waals surface area contributed by atoms with Gasteiger partial charge in [0.05, 0.1) is 19.4 Å². The molecule has 0 aromatic carbocycles. The van der Waals surface area contributed by atoms with E-state index in [1.807, 2.05) is 0 Å². The summed E-state index contributed by atoms with van der Waals surface area (Å²) in [6.45, 7) is 5.56. The molecule has 0 aliphatic heterocycles. The molecule has 0 aliphatic rings. The van der Waals surface area contributed by atoms with Gasteiger partial charge in [-0.3, -0.25) is 0 Å². The maximum Gasteiger partial charge on any atom is 0.356 e. The smallest absolute Gasteiger partial charge is 0.356 e. The van der Waals surface area contributed by atoms with Gasteiger partial charge in [0.15, 0.2) is 0 Å². The van der Waals surface area contributed by atoms with Crippen LogP contribution in [0, 0.1) is 0 Å². The van der Waals surface area contributed by atoms with Crippen LogP contribution in [-0.2, 0) is 33.6 Å². The molecular formula is C17H35N3O8. The molecule has 0 unspecified atom stereocenters. The van der Waals surface area contributed by atoms with Crippen molar-refractivity contribution in [3.05, 3.63) is 0 Å². The molecule has 166 valence electrons. The molecule has 0 bridgehead atoms. The molecule has 0 saturated heterocycles. The maximum atomic E-state index is 11.3. The summed E-state index contributed by atoms with van der Waals surface area (Å²) < 4.78 is 16.2. The Kier molecular flexibility index (Phi) is 20.9. The van der Waals surface area contributed by atoms with Crippen molar-refractivity contribution in [1.29, 1.82) is 0 Å². The minimum Gasteiger partial charge on any atom is -0.381 e. The van der Waals surface area contributed by atoms with E-state index in [1.165, 1.54) is 0 Å². The number of ether oxygens (including phenoxy) is 3. The van der Waals surface area contributed by atoms with Gasteiger partial charge in [-0.25, -0.2) is 24.8 Å². The molecule has 5 N–H and O–H groups in total. The lowest BCUT2D eigenvalue weighted by molar-refractivity contribution is -0.259. The van der Waals surface area contributed by atoms with Gasteiger partial charge in [-0.15, -0.1) is 0 Å². The van der Waals surface area contributed by atoms with E-state index in [2.05, 4.69) is 15.1 Å². The number of hydrogen-bond acceptors (Lipinski definition) is 11. The molecule has 0 heterocycles. The van der Waals surface area contributed by atoms with Gasteiger partial charge in [-0.1, -0.05) is 0 Å². The normalized spacial score (nSPS) is 10.8. The number of carbonyl (C=O) groups excluding carboxylic acids is 2. The Labute approximate surface area is 166 Å². The SMILES string of the molecule is NCCOCCCOCCCOCCCNCCC(=O)OOC(=O)CCNO. The molecule has 0 aromatic heterocycles. The van der Waals surface area contributed by atoms with E-state index in [4.69, 9.17) is 25.2 Å². The molecule has 28 heavy (non-hydrogen) atoms. The minimum atomic E-state index is -0.734. The summed E-state index contributed by atoms with van der Waals surface area (Å²) in [5.41, 5.74) is 7.11.